The first-order valence-electron chi connectivity index (χ1n) is 5.58. The Labute approximate surface area is 84.6 Å². The van der Waals surface area contributed by atoms with Crippen LogP contribution in [0.25, 0.3) is 0 Å². The summed E-state index contributed by atoms with van der Waals surface area (Å²) in [7, 11) is 0. The molecule has 80 valence electrons. The Morgan fingerprint density at radius 3 is 2.29 bits per heavy atom. The van der Waals surface area contributed by atoms with Gasteiger partial charge in [-0.3, -0.25) is 0 Å². The number of nitrogens with one attached hydrogen (secondary N) is 2. The molecule has 4 nitrogen and oxygen atoms in total. The van der Waals surface area contributed by atoms with Gasteiger partial charge < -0.3 is 16.4 Å². The first kappa shape index (κ1) is 9.77. The molecule has 2 aliphatic rings. The molecule has 4 heteroatoms. The maximum absolute atomic E-state index is 11.5. The van der Waals surface area contributed by atoms with Crippen molar-refractivity contribution in [3.8, 4) is 0 Å². The van der Waals surface area contributed by atoms with Gasteiger partial charge in [0.05, 0.1) is 0 Å². The first-order valence-corrected chi connectivity index (χ1v) is 5.58. The fourth-order valence-electron chi connectivity index (χ4n) is 2.12. The van der Waals surface area contributed by atoms with Gasteiger partial charge in [-0.15, -0.1) is 0 Å². The summed E-state index contributed by atoms with van der Waals surface area (Å²) in [6.45, 7) is 0. The van der Waals surface area contributed by atoms with Crippen LogP contribution in [0.5, 0.6) is 0 Å². The molecule has 0 aliphatic heterocycles. The largest absolute Gasteiger partial charge is 0.335 e. The fraction of sp³-hybridized carbons (Fsp3) is 0.900. The van der Waals surface area contributed by atoms with Crippen LogP contribution in [0.15, 0.2) is 0 Å². The van der Waals surface area contributed by atoms with Gasteiger partial charge in [-0.05, 0) is 38.5 Å². The number of carbonyl (C=O) groups is 1. The highest BCUT2D eigenvalue weighted by Crippen LogP contribution is 2.19. The molecule has 2 rings (SSSR count). The number of hydrogen-bond acceptors (Lipinski definition) is 2. The molecular weight excluding hydrogens is 178 g/mol. The Bertz CT molecular complexity index is 215. The van der Waals surface area contributed by atoms with Crippen LogP contribution >= 0.6 is 0 Å². The molecule has 0 heterocycles. The molecule has 2 unspecified atom stereocenters. The molecule has 2 fully saturated rings. The van der Waals surface area contributed by atoms with E-state index in [0.29, 0.717) is 6.04 Å². The molecule has 0 aromatic heterocycles. The molecule has 2 aliphatic carbocycles. The lowest BCUT2D eigenvalue weighted by atomic mass is 9.93. The molecule has 14 heavy (non-hydrogen) atoms. The zero-order valence-electron chi connectivity index (χ0n) is 8.46. The number of carbonyl (C=O) groups excluding carboxylic acids is 1. The second-order valence-electron chi connectivity index (χ2n) is 4.45. The lowest BCUT2D eigenvalue weighted by Gasteiger charge is -2.27. The predicted molar refractivity (Wildman–Crippen MR) is 54.9 cm³/mol. The van der Waals surface area contributed by atoms with E-state index in [4.69, 9.17) is 5.73 Å². The van der Waals surface area contributed by atoms with Gasteiger partial charge in [-0.2, -0.15) is 0 Å². The highest BCUT2D eigenvalue weighted by atomic mass is 16.2. The maximum atomic E-state index is 11.5. The van der Waals surface area contributed by atoms with Gasteiger partial charge in [0.25, 0.3) is 0 Å². The summed E-state index contributed by atoms with van der Waals surface area (Å²) in [5, 5.41) is 5.91. The van der Waals surface area contributed by atoms with Crippen LogP contribution in [-0.2, 0) is 0 Å². The lowest BCUT2D eigenvalue weighted by molar-refractivity contribution is 0.223. The van der Waals surface area contributed by atoms with Crippen LogP contribution in [0, 0.1) is 0 Å². The molecule has 4 N–H and O–H groups in total. The maximum Gasteiger partial charge on any atom is 0.315 e. The minimum atomic E-state index is -0.0305. The topological polar surface area (TPSA) is 67.1 Å². The van der Waals surface area contributed by atoms with E-state index in [1.165, 1.54) is 6.42 Å². The predicted octanol–water partition coefficient (Wildman–Crippen LogP) is 0.718. The van der Waals surface area contributed by atoms with Crippen molar-refractivity contribution in [2.75, 3.05) is 0 Å². The second kappa shape index (κ2) is 4.17. The van der Waals surface area contributed by atoms with Crippen molar-refractivity contribution in [3.05, 3.63) is 0 Å². The van der Waals surface area contributed by atoms with Crippen LogP contribution in [0.4, 0.5) is 4.79 Å². The summed E-state index contributed by atoms with van der Waals surface area (Å²) in [4.78, 5) is 11.5. The number of nitrogens with two attached hydrogens (primary N) is 1. The van der Waals surface area contributed by atoms with Crippen molar-refractivity contribution in [1.29, 1.82) is 0 Å². The Hall–Kier alpha value is -0.770. The quantitative estimate of drug-likeness (QED) is 0.610. The minimum absolute atomic E-state index is 0.0305. The summed E-state index contributed by atoms with van der Waals surface area (Å²) >= 11 is 0. The highest BCUT2D eigenvalue weighted by Gasteiger charge is 2.26. The van der Waals surface area contributed by atoms with E-state index in [0.717, 1.165) is 32.1 Å². The van der Waals surface area contributed by atoms with E-state index < -0.39 is 0 Å². The fourth-order valence-corrected chi connectivity index (χ4v) is 2.12. The molecule has 2 saturated carbocycles. The van der Waals surface area contributed by atoms with Crippen molar-refractivity contribution in [2.24, 2.45) is 5.73 Å². The normalized spacial score (nSPS) is 32.4. The Balaban J connectivity index is 1.70. The van der Waals surface area contributed by atoms with E-state index in [1.807, 2.05) is 0 Å². The Morgan fingerprint density at radius 1 is 1.07 bits per heavy atom. The number of hydrogen-bond donors (Lipinski definition) is 3. The Morgan fingerprint density at radius 2 is 1.79 bits per heavy atom. The zero-order chi connectivity index (χ0) is 9.97. The van der Waals surface area contributed by atoms with Gasteiger partial charge in [-0.25, -0.2) is 4.79 Å². The van der Waals surface area contributed by atoms with Crippen LogP contribution in [0.3, 0.4) is 0 Å². The summed E-state index contributed by atoms with van der Waals surface area (Å²) in [5.74, 6) is 0. The molecule has 0 saturated heterocycles. The van der Waals surface area contributed by atoms with Gasteiger partial charge in [0.2, 0.25) is 0 Å². The van der Waals surface area contributed by atoms with Crippen molar-refractivity contribution in [2.45, 2.75) is 56.7 Å². The zero-order valence-corrected chi connectivity index (χ0v) is 8.46. The standard InChI is InChI=1S/C10H19N3O/c11-8-5-2-6-9(8)13-10(14)12-7-3-1-4-7/h7-9H,1-6,11H2,(H2,12,13,14). The van der Waals surface area contributed by atoms with E-state index in [-0.39, 0.29) is 18.1 Å². The Kier molecular flexibility index (Phi) is 2.91. The highest BCUT2D eigenvalue weighted by molar-refractivity contribution is 5.74. The SMILES string of the molecule is NC1CCCC1NC(=O)NC1CCC1. The summed E-state index contributed by atoms with van der Waals surface area (Å²) in [5.41, 5.74) is 5.86. The van der Waals surface area contributed by atoms with Crippen molar-refractivity contribution in [3.63, 3.8) is 0 Å². The average Bonchev–Trinajstić information content (AvgIpc) is 2.45. The molecule has 0 aromatic carbocycles. The van der Waals surface area contributed by atoms with Crippen LogP contribution in [-0.4, -0.2) is 24.2 Å². The molecular formula is C10H19N3O. The van der Waals surface area contributed by atoms with E-state index in [9.17, 15) is 4.79 Å². The van der Waals surface area contributed by atoms with Gasteiger partial charge in [0.1, 0.15) is 0 Å². The monoisotopic (exact) mass is 197 g/mol. The smallest absolute Gasteiger partial charge is 0.315 e. The van der Waals surface area contributed by atoms with Crippen molar-refractivity contribution >= 4 is 6.03 Å². The summed E-state index contributed by atoms with van der Waals surface area (Å²) in [6.07, 6.45) is 6.70. The molecule has 2 amide bonds. The third-order valence-electron chi connectivity index (χ3n) is 3.33. The number of urea groups is 1. The molecule has 0 aromatic rings. The first-order chi connectivity index (χ1) is 6.75. The lowest BCUT2D eigenvalue weighted by Crippen LogP contribution is -2.51. The minimum Gasteiger partial charge on any atom is -0.335 e. The second-order valence-corrected chi connectivity index (χ2v) is 4.45. The van der Waals surface area contributed by atoms with Gasteiger partial charge in [0.15, 0.2) is 0 Å². The van der Waals surface area contributed by atoms with E-state index in [2.05, 4.69) is 10.6 Å². The molecule has 0 bridgehead atoms. The van der Waals surface area contributed by atoms with Gasteiger partial charge in [0, 0.05) is 18.1 Å². The van der Waals surface area contributed by atoms with Crippen LogP contribution < -0.4 is 16.4 Å². The number of rotatable bonds is 2. The molecule has 2 atom stereocenters. The van der Waals surface area contributed by atoms with Gasteiger partial charge in [-0.1, -0.05) is 0 Å². The van der Waals surface area contributed by atoms with Crippen molar-refractivity contribution < 1.29 is 4.79 Å². The third kappa shape index (κ3) is 2.18. The van der Waals surface area contributed by atoms with E-state index >= 15 is 0 Å². The third-order valence-corrected chi connectivity index (χ3v) is 3.33. The molecule has 0 radical (unpaired) electrons. The average molecular weight is 197 g/mol. The van der Waals surface area contributed by atoms with Gasteiger partial charge >= 0.3 is 6.03 Å². The van der Waals surface area contributed by atoms with Crippen LogP contribution in [0.1, 0.15) is 38.5 Å². The molecule has 0 spiro atoms. The van der Waals surface area contributed by atoms with Crippen molar-refractivity contribution in [1.82, 2.24) is 10.6 Å². The number of amides is 2. The van der Waals surface area contributed by atoms with Crippen LogP contribution in [0.2, 0.25) is 0 Å². The van der Waals surface area contributed by atoms with E-state index in [1.54, 1.807) is 0 Å². The summed E-state index contributed by atoms with van der Waals surface area (Å²) in [6, 6.07) is 0.724. The summed E-state index contributed by atoms with van der Waals surface area (Å²) < 4.78 is 0.